The van der Waals surface area contributed by atoms with Crippen LogP contribution >= 0.6 is 0 Å². The first-order valence-corrected chi connectivity index (χ1v) is 5.45. The molecule has 1 aromatic carbocycles. The van der Waals surface area contributed by atoms with Gasteiger partial charge in [0.1, 0.15) is 12.6 Å². The van der Waals surface area contributed by atoms with E-state index in [1.807, 2.05) is 0 Å². The number of nitrogens with zero attached hydrogens (tertiary/aromatic N) is 1. The van der Waals surface area contributed by atoms with Crippen LogP contribution in [-0.2, 0) is 9.59 Å². The van der Waals surface area contributed by atoms with Crippen molar-refractivity contribution in [3.05, 3.63) is 35.9 Å². The number of amides is 2. The molecule has 1 heterocycles. The third-order valence-electron chi connectivity index (χ3n) is 2.75. The molecule has 1 aliphatic heterocycles. The molecular formula is C12H12N2O4. The van der Waals surface area contributed by atoms with Gasteiger partial charge in [-0.2, -0.15) is 0 Å². The summed E-state index contributed by atoms with van der Waals surface area (Å²) in [6.45, 7) is -0.294. The van der Waals surface area contributed by atoms with Crippen LogP contribution in [0.1, 0.15) is 10.4 Å². The van der Waals surface area contributed by atoms with Crippen molar-refractivity contribution in [1.82, 2.24) is 10.2 Å². The fourth-order valence-corrected chi connectivity index (χ4v) is 1.82. The summed E-state index contributed by atoms with van der Waals surface area (Å²) in [7, 11) is 0. The third-order valence-corrected chi connectivity index (χ3v) is 2.75. The van der Waals surface area contributed by atoms with E-state index in [0.717, 1.165) is 4.90 Å². The minimum atomic E-state index is -1.13. The molecule has 6 nitrogen and oxygen atoms in total. The zero-order valence-corrected chi connectivity index (χ0v) is 9.50. The predicted molar refractivity (Wildman–Crippen MR) is 61.9 cm³/mol. The van der Waals surface area contributed by atoms with Crippen molar-refractivity contribution in [1.29, 1.82) is 0 Å². The maximum Gasteiger partial charge on any atom is 0.328 e. The van der Waals surface area contributed by atoms with Gasteiger partial charge in [-0.3, -0.25) is 9.59 Å². The number of carbonyl (C=O) groups is 3. The molecule has 1 aliphatic rings. The lowest BCUT2D eigenvalue weighted by Gasteiger charge is -2.32. The van der Waals surface area contributed by atoms with Gasteiger partial charge in [0.25, 0.3) is 5.91 Å². The molecule has 6 heteroatoms. The topological polar surface area (TPSA) is 86.7 Å². The average molecular weight is 248 g/mol. The lowest BCUT2D eigenvalue weighted by atomic mass is 10.1. The van der Waals surface area contributed by atoms with Crippen LogP contribution in [-0.4, -0.2) is 46.9 Å². The highest BCUT2D eigenvalue weighted by molar-refractivity contribution is 5.99. The molecule has 0 saturated carbocycles. The minimum Gasteiger partial charge on any atom is -0.480 e. The first-order chi connectivity index (χ1) is 8.59. The molecule has 0 bridgehead atoms. The second-order valence-corrected chi connectivity index (χ2v) is 3.96. The smallest absolute Gasteiger partial charge is 0.328 e. The molecule has 1 aromatic rings. The van der Waals surface area contributed by atoms with E-state index in [2.05, 4.69) is 5.32 Å². The molecule has 1 saturated heterocycles. The van der Waals surface area contributed by atoms with Crippen LogP contribution in [0.3, 0.4) is 0 Å². The Labute approximate surface area is 103 Å². The molecule has 1 unspecified atom stereocenters. The minimum absolute atomic E-state index is 0.0628. The summed E-state index contributed by atoms with van der Waals surface area (Å²) >= 11 is 0. The van der Waals surface area contributed by atoms with Gasteiger partial charge in [0.2, 0.25) is 5.91 Å². The van der Waals surface area contributed by atoms with Crippen molar-refractivity contribution in [3.63, 3.8) is 0 Å². The normalized spacial score (nSPS) is 19.2. The Balaban J connectivity index is 2.25. The number of aliphatic carboxylic acids is 1. The number of hydrogen-bond acceptors (Lipinski definition) is 3. The Kier molecular flexibility index (Phi) is 3.27. The van der Waals surface area contributed by atoms with Gasteiger partial charge in [0.15, 0.2) is 0 Å². The highest BCUT2D eigenvalue weighted by Crippen LogP contribution is 2.11. The molecule has 2 rings (SSSR count). The fraction of sp³-hybridized carbons (Fsp3) is 0.250. The number of carbonyl (C=O) groups excluding carboxylic acids is 2. The Morgan fingerprint density at radius 3 is 2.56 bits per heavy atom. The van der Waals surface area contributed by atoms with Crippen molar-refractivity contribution in [3.8, 4) is 0 Å². The Hall–Kier alpha value is -2.37. The Bertz CT molecular complexity index is 486. The number of nitrogens with one attached hydrogen (secondary N) is 1. The quantitative estimate of drug-likeness (QED) is 0.753. The van der Waals surface area contributed by atoms with E-state index < -0.39 is 17.9 Å². The number of benzene rings is 1. The molecule has 94 valence electrons. The SMILES string of the molecule is O=C1CN(C(=O)c2ccccc2)C(C(=O)O)CN1. The van der Waals surface area contributed by atoms with E-state index in [0.29, 0.717) is 5.56 Å². The summed E-state index contributed by atoms with van der Waals surface area (Å²) in [5.41, 5.74) is 0.374. The summed E-state index contributed by atoms with van der Waals surface area (Å²) in [6, 6.07) is 7.30. The van der Waals surface area contributed by atoms with Crippen LogP contribution in [0.15, 0.2) is 30.3 Å². The van der Waals surface area contributed by atoms with Gasteiger partial charge in [-0.25, -0.2) is 4.79 Å². The summed E-state index contributed by atoms with van der Waals surface area (Å²) in [5.74, 6) is -1.92. The largest absolute Gasteiger partial charge is 0.480 e. The summed E-state index contributed by atoms with van der Waals surface area (Å²) in [5, 5.41) is 11.5. The van der Waals surface area contributed by atoms with Crippen LogP contribution in [0.2, 0.25) is 0 Å². The zero-order chi connectivity index (χ0) is 13.1. The number of carboxylic acids is 1. The number of hydrogen-bond donors (Lipinski definition) is 2. The van der Waals surface area contributed by atoms with E-state index in [4.69, 9.17) is 5.11 Å². The zero-order valence-electron chi connectivity index (χ0n) is 9.50. The molecule has 0 spiro atoms. The van der Waals surface area contributed by atoms with Crippen LogP contribution in [0.4, 0.5) is 0 Å². The highest BCUT2D eigenvalue weighted by atomic mass is 16.4. The molecule has 2 amide bonds. The molecular weight excluding hydrogens is 236 g/mol. The lowest BCUT2D eigenvalue weighted by molar-refractivity contribution is -0.144. The van der Waals surface area contributed by atoms with Crippen LogP contribution in [0.5, 0.6) is 0 Å². The Morgan fingerprint density at radius 2 is 1.94 bits per heavy atom. The molecule has 1 atom stereocenters. The van der Waals surface area contributed by atoms with E-state index in [1.165, 1.54) is 0 Å². The van der Waals surface area contributed by atoms with Gasteiger partial charge >= 0.3 is 5.97 Å². The number of piperazine rings is 1. The fourth-order valence-electron chi connectivity index (χ4n) is 1.82. The van der Waals surface area contributed by atoms with E-state index >= 15 is 0 Å². The van der Waals surface area contributed by atoms with Gasteiger partial charge in [-0.1, -0.05) is 18.2 Å². The first kappa shape index (κ1) is 12.1. The van der Waals surface area contributed by atoms with Crippen LogP contribution in [0, 0.1) is 0 Å². The predicted octanol–water partition coefficient (Wildman–Crippen LogP) is -0.288. The van der Waals surface area contributed by atoms with Crippen LogP contribution in [0.25, 0.3) is 0 Å². The third kappa shape index (κ3) is 2.32. The van der Waals surface area contributed by atoms with Gasteiger partial charge in [0, 0.05) is 12.1 Å². The summed E-state index contributed by atoms with van der Waals surface area (Å²) in [6.07, 6.45) is 0. The maximum absolute atomic E-state index is 12.1. The summed E-state index contributed by atoms with van der Waals surface area (Å²) < 4.78 is 0. The second-order valence-electron chi connectivity index (χ2n) is 3.96. The van der Waals surface area contributed by atoms with Gasteiger partial charge < -0.3 is 15.3 Å². The van der Waals surface area contributed by atoms with Gasteiger partial charge in [-0.05, 0) is 12.1 Å². The van der Waals surface area contributed by atoms with E-state index in [1.54, 1.807) is 30.3 Å². The lowest BCUT2D eigenvalue weighted by Crippen LogP contribution is -2.59. The standard InChI is InChI=1S/C12H12N2O4/c15-10-7-14(9(6-13-10)12(17)18)11(16)8-4-2-1-3-5-8/h1-5,9H,6-7H2,(H,13,15)(H,17,18). The average Bonchev–Trinajstić information content (AvgIpc) is 2.38. The van der Waals surface area contributed by atoms with Crippen molar-refractivity contribution in [2.45, 2.75) is 6.04 Å². The van der Waals surface area contributed by atoms with Crippen molar-refractivity contribution in [2.75, 3.05) is 13.1 Å². The van der Waals surface area contributed by atoms with Crippen molar-refractivity contribution in [2.24, 2.45) is 0 Å². The Morgan fingerprint density at radius 1 is 1.28 bits per heavy atom. The first-order valence-electron chi connectivity index (χ1n) is 5.45. The molecule has 0 aromatic heterocycles. The summed E-state index contributed by atoms with van der Waals surface area (Å²) in [4.78, 5) is 35.6. The van der Waals surface area contributed by atoms with E-state index in [-0.39, 0.29) is 19.0 Å². The molecule has 1 fully saturated rings. The molecule has 2 N–H and O–H groups in total. The monoisotopic (exact) mass is 248 g/mol. The van der Waals surface area contributed by atoms with Gasteiger partial charge in [0.05, 0.1) is 0 Å². The molecule has 0 aliphatic carbocycles. The molecule has 0 radical (unpaired) electrons. The van der Waals surface area contributed by atoms with Crippen LogP contribution < -0.4 is 5.32 Å². The highest BCUT2D eigenvalue weighted by Gasteiger charge is 2.35. The second kappa shape index (κ2) is 4.87. The van der Waals surface area contributed by atoms with Crippen molar-refractivity contribution < 1.29 is 19.5 Å². The number of carboxylic acid groups (broad SMARTS) is 1. The van der Waals surface area contributed by atoms with Gasteiger partial charge in [-0.15, -0.1) is 0 Å². The number of rotatable bonds is 2. The molecule has 18 heavy (non-hydrogen) atoms. The van der Waals surface area contributed by atoms with Crippen molar-refractivity contribution >= 4 is 17.8 Å². The maximum atomic E-state index is 12.1. The van der Waals surface area contributed by atoms with E-state index in [9.17, 15) is 14.4 Å².